The Balaban J connectivity index is 0.000000582. The van der Waals surface area contributed by atoms with Crippen LogP contribution in [-0.4, -0.2) is 59.3 Å². The third-order valence-electron chi connectivity index (χ3n) is 3.61. The summed E-state index contributed by atoms with van der Waals surface area (Å²) in [4.78, 5) is 25.5. The highest BCUT2D eigenvalue weighted by Crippen LogP contribution is 2.31. The fraction of sp³-hybridized carbons (Fsp3) is 0.381. The molecule has 1 aromatic carbocycles. The van der Waals surface area contributed by atoms with Crippen LogP contribution in [0.1, 0.15) is 37.9 Å². The highest BCUT2D eigenvalue weighted by atomic mass is 16.5. The van der Waals surface area contributed by atoms with Crippen LogP contribution in [0.5, 0.6) is 0 Å². The first kappa shape index (κ1) is 16.2. The molecule has 1 atom stereocenters. The first-order chi connectivity index (χ1) is 15.3. The van der Waals surface area contributed by atoms with Crippen molar-refractivity contribution in [3.63, 3.8) is 0 Å². The summed E-state index contributed by atoms with van der Waals surface area (Å²) >= 11 is 0. The number of ether oxygens (including phenoxy) is 1. The fourth-order valence-corrected chi connectivity index (χ4v) is 2.05. The predicted molar refractivity (Wildman–Crippen MR) is 106 cm³/mol. The van der Waals surface area contributed by atoms with Gasteiger partial charge in [0.1, 0.15) is 5.60 Å². The predicted octanol–water partition coefficient (Wildman–Crippen LogP) is 2.86. The molecule has 2 rings (SSSR count). The van der Waals surface area contributed by atoms with Crippen LogP contribution in [-0.2, 0) is 19.9 Å². The van der Waals surface area contributed by atoms with Crippen molar-refractivity contribution in [2.24, 2.45) is 0 Å². The number of carbonyl (C=O) groups is 2. The third-order valence-corrected chi connectivity index (χ3v) is 3.61. The molecule has 0 radical (unpaired) electrons. The Kier molecular flexibility index (Phi) is 6.85. The number of carboxylic acids is 2. The van der Waals surface area contributed by atoms with Gasteiger partial charge in [0.15, 0.2) is 0 Å². The van der Waals surface area contributed by atoms with E-state index in [4.69, 9.17) is 21.8 Å². The number of carboxylic acid groups (broad SMARTS) is 2. The molecule has 28 heavy (non-hydrogen) atoms. The maximum atomic E-state index is 9.64. The lowest BCUT2D eigenvalue weighted by molar-refractivity contribution is -0.143. The van der Waals surface area contributed by atoms with Gasteiger partial charge in [-0.25, -0.2) is 0 Å². The Hall–Kier alpha value is -2.77. The van der Waals surface area contributed by atoms with Gasteiger partial charge in [-0.15, -0.1) is 0 Å². The molecular weight excluding hydrogens is 360 g/mol. The van der Waals surface area contributed by atoms with E-state index in [1.807, 2.05) is 19.0 Å². The molecule has 0 aliphatic heterocycles. The first-order valence-electron chi connectivity index (χ1n) is 11.0. The molecule has 0 spiro atoms. The number of rotatable bonds is 9. The van der Waals surface area contributed by atoms with Gasteiger partial charge in [-0.2, -0.15) is 0 Å². The molecule has 1 heterocycles. The fourth-order valence-electron chi connectivity index (χ4n) is 2.05. The number of aromatic nitrogens is 1. The van der Waals surface area contributed by atoms with Gasteiger partial charge in [0, 0.05) is 12.7 Å². The second kappa shape index (κ2) is 11.8. The smallest absolute Gasteiger partial charge is 0.303 e. The average Bonchev–Trinajstić information content (AvgIpc) is 2.76. The normalized spacial score (nSPS) is 15.1. The quantitative estimate of drug-likeness (QED) is 0.676. The van der Waals surface area contributed by atoms with Crippen molar-refractivity contribution in [3.8, 4) is 0 Å². The molecule has 0 aliphatic carbocycles. The van der Waals surface area contributed by atoms with E-state index in [2.05, 4.69) is 4.98 Å². The molecule has 1 unspecified atom stereocenters. The zero-order chi connectivity index (χ0) is 25.3. The van der Waals surface area contributed by atoms with Gasteiger partial charge in [0.2, 0.25) is 0 Å². The zero-order valence-electron chi connectivity index (χ0n) is 21.2. The molecule has 0 saturated heterocycles. The van der Waals surface area contributed by atoms with Crippen molar-refractivity contribution >= 4 is 11.9 Å². The van der Waals surface area contributed by atoms with Crippen molar-refractivity contribution in [2.75, 3.05) is 27.2 Å². The second-order valence-corrected chi connectivity index (χ2v) is 6.19. The Morgan fingerprint density at radius 3 is 2.21 bits per heavy atom. The maximum Gasteiger partial charge on any atom is 0.303 e. The van der Waals surface area contributed by atoms with Gasteiger partial charge >= 0.3 is 11.9 Å². The second-order valence-electron chi connectivity index (χ2n) is 6.19. The van der Waals surface area contributed by atoms with E-state index in [-0.39, 0.29) is 42.6 Å². The van der Waals surface area contributed by atoms with Crippen LogP contribution in [0.3, 0.4) is 0 Å². The maximum absolute atomic E-state index is 9.64. The molecular formula is C21H28N2O5. The average molecular weight is 393 g/mol. The topological polar surface area (TPSA) is 100.0 Å². The molecule has 0 amide bonds. The lowest BCUT2D eigenvalue weighted by atomic mass is 9.91. The molecule has 7 heteroatoms. The molecule has 2 N–H and O–H groups in total. The first-order valence-corrected chi connectivity index (χ1v) is 8.54. The van der Waals surface area contributed by atoms with E-state index in [1.54, 1.807) is 31.3 Å². The van der Waals surface area contributed by atoms with E-state index in [1.165, 1.54) is 0 Å². The van der Waals surface area contributed by atoms with Crippen LogP contribution >= 0.6 is 0 Å². The van der Waals surface area contributed by atoms with Crippen LogP contribution in [0.2, 0.25) is 0 Å². The number of pyridine rings is 1. The lowest BCUT2D eigenvalue weighted by Crippen LogP contribution is -2.32. The summed E-state index contributed by atoms with van der Waals surface area (Å²) < 4.78 is 46.2. The number of likely N-dealkylation sites (N-methyl/N-ethyl adjacent to an activating group) is 1. The molecule has 0 bridgehead atoms. The van der Waals surface area contributed by atoms with Gasteiger partial charge in [-0.05, 0) is 38.7 Å². The lowest BCUT2D eigenvalue weighted by Gasteiger charge is -2.30. The molecule has 0 fully saturated rings. The van der Waals surface area contributed by atoms with Crippen LogP contribution in [0.25, 0.3) is 0 Å². The van der Waals surface area contributed by atoms with Crippen LogP contribution < -0.4 is 0 Å². The highest BCUT2D eigenvalue weighted by molar-refractivity contribution is 5.75. The Morgan fingerprint density at radius 2 is 1.75 bits per heavy atom. The van der Waals surface area contributed by atoms with Crippen LogP contribution in [0, 0.1) is 0 Å². The number of nitrogens with zero attached hydrogens (tertiary/aromatic N) is 2. The van der Waals surface area contributed by atoms with Gasteiger partial charge in [0.05, 0.1) is 32.0 Å². The summed E-state index contributed by atoms with van der Waals surface area (Å²) in [7, 11) is 3.82. The van der Waals surface area contributed by atoms with E-state index in [0.29, 0.717) is 18.8 Å². The van der Waals surface area contributed by atoms with Crippen molar-refractivity contribution in [1.29, 1.82) is 0 Å². The molecule has 152 valence electrons. The SMILES string of the molecule is O=C(O)CCC(=O)O.[2H]c1c([2H])c([2H])c(C(C)(OCCN(C)C)c2ccccn2)c([2H])c1[2H]. The van der Waals surface area contributed by atoms with Gasteiger partial charge in [-0.1, -0.05) is 36.3 Å². The summed E-state index contributed by atoms with van der Waals surface area (Å²) in [6.07, 6.45) is 1.00. The molecule has 0 saturated carbocycles. The van der Waals surface area contributed by atoms with Crippen molar-refractivity contribution in [1.82, 2.24) is 9.88 Å². The van der Waals surface area contributed by atoms with E-state index < -0.39 is 23.6 Å². The summed E-state index contributed by atoms with van der Waals surface area (Å²) in [5.74, 6) is -2.15. The van der Waals surface area contributed by atoms with Gasteiger partial charge in [-0.3, -0.25) is 14.6 Å². The summed E-state index contributed by atoms with van der Waals surface area (Å²) in [5, 5.41) is 15.8. The minimum absolute atomic E-state index is 0.0935. The van der Waals surface area contributed by atoms with Crippen molar-refractivity contribution in [2.45, 2.75) is 25.4 Å². The largest absolute Gasteiger partial charge is 0.481 e. The number of hydrogen-bond donors (Lipinski definition) is 2. The summed E-state index contributed by atoms with van der Waals surface area (Å²) in [5.41, 5.74) is -0.673. The Bertz CT molecular complexity index is 932. The van der Waals surface area contributed by atoms with Crippen LogP contribution in [0.4, 0.5) is 0 Å². The summed E-state index contributed by atoms with van der Waals surface area (Å²) in [6.45, 7) is 2.64. The van der Waals surface area contributed by atoms with E-state index in [0.717, 1.165) is 0 Å². The molecule has 1 aromatic heterocycles. The van der Waals surface area contributed by atoms with Crippen LogP contribution in [0.15, 0.2) is 54.6 Å². The number of aliphatic carboxylic acids is 2. The summed E-state index contributed by atoms with van der Waals surface area (Å²) in [6, 6.07) is 3.54. The standard InChI is InChI=1S/C17H22N2O.C4H6O4/c1-17(20-14-13-19(2)3,15-9-5-4-6-10-15)16-11-7-8-12-18-16;5-3(6)1-2-4(7)8/h4-12H,13-14H2,1-3H3;1-2H2,(H,5,6)(H,7,8)/i4D,5D,6D,9D,10D;. The third kappa shape index (κ3) is 8.28. The number of hydrogen-bond acceptors (Lipinski definition) is 5. The monoisotopic (exact) mass is 393 g/mol. The van der Waals surface area contributed by atoms with E-state index in [9.17, 15) is 9.59 Å². The Morgan fingerprint density at radius 1 is 1.14 bits per heavy atom. The van der Waals surface area contributed by atoms with Crippen molar-refractivity contribution < 1.29 is 31.4 Å². The van der Waals surface area contributed by atoms with E-state index >= 15 is 0 Å². The minimum atomic E-state index is -1.26. The van der Waals surface area contributed by atoms with Gasteiger partial charge < -0.3 is 19.8 Å². The van der Waals surface area contributed by atoms with Gasteiger partial charge in [0.25, 0.3) is 0 Å². The van der Waals surface area contributed by atoms with Crippen molar-refractivity contribution in [3.05, 3.63) is 65.9 Å². The minimum Gasteiger partial charge on any atom is -0.481 e. The molecule has 7 nitrogen and oxygen atoms in total. The Labute approximate surface area is 172 Å². The highest BCUT2D eigenvalue weighted by Gasteiger charge is 2.31. The number of benzene rings is 1. The zero-order valence-corrected chi connectivity index (χ0v) is 16.2. The molecule has 2 aromatic rings. The molecule has 0 aliphatic rings.